The van der Waals surface area contributed by atoms with E-state index in [1.54, 1.807) is 24.5 Å². The van der Waals surface area contributed by atoms with Gasteiger partial charge in [0.05, 0.1) is 12.8 Å². The van der Waals surface area contributed by atoms with Crippen molar-refractivity contribution in [1.29, 1.82) is 0 Å². The van der Waals surface area contributed by atoms with Crippen molar-refractivity contribution < 1.29 is 13.9 Å². The molecule has 0 atom stereocenters. The van der Waals surface area contributed by atoms with Crippen LogP contribution in [0.5, 0.6) is 5.75 Å². The molecule has 1 aliphatic heterocycles. The molecule has 22 heavy (non-hydrogen) atoms. The van der Waals surface area contributed by atoms with E-state index in [1.807, 2.05) is 24.3 Å². The highest BCUT2D eigenvalue weighted by Crippen LogP contribution is 2.29. The van der Waals surface area contributed by atoms with Crippen LogP contribution in [-0.2, 0) is 11.3 Å². The summed E-state index contributed by atoms with van der Waals surface area (Å²) in [5.41, 5.74) is 1.82. The van der Waals surface area contributed by atoms with Gasteiger partial charge in [0.15, 0.2) is 0 Å². The van der Waals surface area contributed by atoms with E-state index >= 15 is 0 Å². The number of carbonyl (C=O) groups is 1. The number of fused-ring (bicyclic) bond motifs is 1. The highest BCUT2D eigenvalue weighted by atomic mass is 35.5. The molecule has 5 heteroatoms. The molecule has 2 aromatic rings. The van der Waals surface area contributed by atoms with Crippen molar-refractivity contribution in [3.8, 4) is 5.75 Å². The lowest BCUT2D eigenvalue weighted by Gasteiger charge is -2.16. The number of rotatable bonds is 4. The van der Waals surface area contributed by atoms with Crippen LogP contribution in [0.2, 0.25) is 5.02 Å². The topological polar surface area (TPSA) is 51.5 Å². The Morgan fingerprint density at radius 3 is 3.09 bits per heavy atom. The smallest absolute Gasteiger partial charge is 0.244 e. The zero-order valence-corrected chi connectivity index (χ0v) is 12.5. The molecular formula is C17H14ClNO3. The van der Waals surface area contributed by atoms with E-state index in [0.717, 1.165) is 16.9 Å². The number of hydrogen-bond donors (Lipinski definition) is 1. The highest BCUT2D eigenvalue weighted by molar-refractivity contribution is 6.30. The van der Waals surface area contributed by atoms with Crippen LogP contribution in [0, 0.1) is 0 Å². The SMILES string of the molecule is O=C(C=CC1=Cc2cc(Cl)ccc2OC1)NCc1ccco1. The molecule has 1 aliphatic rings. The average Bonchev–Trinajstić information content (AvgIpc) is 3.04. The zero-order valence-electron chi connectivity index (χ0n) is 11.7. The van der Waals surface area contributed by atoms with Crippen molar-refractivity contribution in [3.05, 3.63) is 70.7 Å². The zero-order chi connectivity index (χ0) is 15.4. The summed E-state index contributed by atoms with van der Waals surface area (Å²) in [6.07, 6.45) is 6.75. The Morgan fingerprint density at radius 1 is 1.36 bits per heavy atom. The average molecular weight is 316 g/mol. The molecule has 0 saturated carbocycles. The summed E-state index contributed by atoms with van der Waals surface area (Å²) in [5.74, 6) is 1.32. The predicted octanol–water partition coefficient (Wildman–Crippen LogP) is 3.58. The summed E-state index contributed by atoms with van der Waals surface area (Å²) >= 11 is 5.97. The van der Waals surface area contributed by atoms with Crippen LogP contribution in [0.25, 0.3) is 6.08 Å². The monoisotopic (exact) mass is 315 g/mol. The molecule has 0 unspecified atom stereocenters. The maximum absolute atomic E-state index is 11.8. The minimum absolute atomic E-state index is 0.186. The normalized spacial score (nSPS) is 13.4. The molecule has 4 nitrogen and oxygen atoms in total. The Balaban J connectivity index is 1.61. The first kappa shape index (κ1) is 14.5. The van der Waals surface area contributed by atoms with Crippen LogP contribution in [0.1, 0.15) is 11.3 Å². The summed E-state index contributed by atoms with van der Waals surface area (Å²) in [6, 6.07) is 9.05. The van der Waals surface area contributed by atoms with Crippen LogP contribution >= 0.6 is 11.6 Å². The Labute approximate surface area is 133 Å². The Bertz CT molecular complexity index is 732. The van der Waals surface area contributed by atoms with Gasteiger partial charge >= 0.3 is 0 Å². The third kappa shape index (κ3) is 3.59. The van der Waals surface area contributed by atoms with Gasteiger partial charge in [-0.25, -0.2) is 0 Å². The number of carbonyl (C=O) groups excluding carboxylic acids is 1. The molecule has 1 aromatic carbocycles. The maximum Gasteiger partial charge on any atom is 0.244 e. The molecule has 1 amide bonds. The van der Waals surface area contributed by atoms with Crippen LogP contribution in [-0.4, -0.2) is 12.5 Å². The van der Waals surface area contributed by atoms with Gasteiger partial charge in [-0.2, -0.15) is 0 Å². The van der Waals surface area contributed by atoms with Crippen molar-refractivity contribution in [1.82, 2.24) is 5.32 Å². The Hall–Kier alpha value is -2.46. The number of furan rings is 1. The van der Waals surface area contributed by atoms with Gasteiger partial charge in [-0.05, 0) is 42.0 Å². The molecule has 0 saturated heterocycles. The van der Waals surface area contributed by atoms with Crippen molar-refractivity contribution >= 4 is 23.6 Å². The van der Waals surface area contributed by atoms with Crippen molar-refractivity contribution in [2.45, 2.75) is 6.54 Å². The van der Waals surface area contributed by atoms with E-state index in [4.69, 9.17) is 20.8 Å². The second-order valence-corrected chi connectivity index (χ2v) is 5.26. The van der Waals surface area contributed by atoms with E-state index in [0.29, 0.717) is 23.9 Å². The van der Waals surface area contributed by atoms with Gasteiger partial charge in [0, 0.05) is 16.7 Å². The number of ether oxygens (including phenoxy) is 1. The summed E-state index contributed by atoms with van der Waals surface area (Å²) in [7, 11) is 0. The molecule has 2 heterocycles. The quantitative estimate of drug-likeness (QED) is 0.877. The molecular weight excluding hydrogens is 302 g/mol. The number of nitrogens with one attached hydrogen (secondary N) is 1. The van der Waals surface area contributed by atoms with Crippen LogP contribution in [0.15, 0.2) is 58.7 Å². The molecule has 0 fully saturated rings. The van der Waals surface area contributed by atoms with E-state index in [1.165, 1.54) is 6.08 Å². The molecule has 0 aliphatic carbocycles. The van der Waals surface area contributed by atoms with Gasteiger partial charge < -0.3 is 14.5 Å². The van der Waals surface area contributed by atoms with Gasteiger partial charge in [0.25, 0.3) is 0 Å². The van der Waals surface area contributed by atoms with Gasteiger partial charge in [-0.15, -0.1) is 0 Å². The third-order valence-corrected chi connectivity index (χ3v) is 3.41. The van der Waals surface area contributed by atoms with E-state index in [9.17, 15) is 4.79 Å². The minimum atomic E-state index is -0.186. The fourth-order valence-electron chi connectivity index (χ4n) is 2.09. The summed E-state index contributed by atoms with van der Waals surface area (Å²) in [5, 5.41) is 3.40. The molecule has 1 N–H and O–H groups in total. The minimum Gasteiger partial charge on any atom is -0.488 e. The van der Waals surface area contributed by atoms with Crippen LogP contribution in [0.3, 0.4) is 0 Å². The third-order valence-electron chi connectivity index (χ3n) is 3.17. The molecule has 0 spiro atoms. The first-order chi connectivity index (χ1) is 10.7. The van der Waals surface area contributed by atoms with Gasteiger partial charge in [-0.3, -0.25) is 4.79 Å². The standard InChI is InChI=1S/C17H14ClNO3/c18-14-4-5-16-13(9-14)8-12(11-22-16)3-6-17(20)19-10-15-2-1-7-21-15/h1-9H,10-11H2,(H,19,20). The number of halogens is 1. The van der Waals surface area contributed by atoms with Gasteiger partial charge in [0.2, 0.25) is 5.91 Å². The van der Waals surface area contributed by atoms with Gasteiger partial charge in [-0.1, -0.05) is 17.7 Å². The van der Waals surface area contributed by atoms with Crippen LogP contribution in [0.4, 0.5) is 0 Å². The molecule has 1 aromatic heterocycles. The largest absolute Gasteiger partial charge is 0.488 e. The summed E-state index contributed by atoms with van der Waals surface area (Å²) < 4.78 is 10.8. The second-order valence-electron chi connectivity index (χ2n) is 4.82. The lowest BCUT2D eigenvalue weighted by atomic mass is 10.1. The number of hydrogen-bond acceptors (Lipinski definition) is 3. The molecule has 0 radical (unpaired) electrons. The second kappa shape index (κ2) is 6.54. The maximum atomic E-state index is 11.8. The van der Waals surface area contributed by atoms with E-state index in [-0.39, 0.29) is 5.91 Å². The molecule has 3 rings (SSSR count). The summed E-state index contributed by atoms with van der Waals surface area (Å²) in [6.45, 7) is 0.792. The van der Waals surface area contributed by atoms with E-state index < -0.39 is 0 Å². The molecule has 112 valence electrons. The van der Waals surface area contributed by atoms with Crippen molar-refractivity contribution in [2.24, 2.45) is 0 Å². The Morgan fingerprint density at radius 2 is 2.27 bits per heavy atom. The number of amides is 1. The highest BCUT2D eigenvalue weighted by Gasteiger charge is 2.10. The first-order valence-corrected chi connectivity index (χ1v) is 7.20. The van der Waals surface area contributed by atoms with Gasteiger partial charge in [0.1, 0.15) is 18.1 Å². The van der Waals surface area contributed by atoms with Crippen molar-refractivity contribution in [3.63, 3.8) is 0 Å². The predicted molar refractivity (Wildman–Crippen MR) is 84.6 cm³/mol. The van der Waals surface area contributed by atoms with E-state index in [2.05, 4.69) is 5.32 Å². The fraction of sp³-hybridized carbons (Fsp3) is 0.118. The molecule has 0 bridgehead atoms. The summed E-state index contributed by atoms with van der Waals surface area (Å²) in [4.78, 5) is 11.8. The lowest BCUT2D eigenvalue weighted by Crippen LogP contribution is -2.20. The lowest BCUT2D eigenvalue weighted by molar-refractivity contribution is -0.116. The Kier molecular flexibility index (Phi) is 4.30. The first-order valence-electron chi connectivity index (χ1n) is 6.82. The number of benzene rings is 1. The fourth-order valence-corrected chi connectivity index (χ4v) is 2.27. The van der Waals surface area contributed by atoms with Crippen LogP contribution < -0.4 is 10.1 Å². The van der Waals surface area contributed by atoms with Crippen molar-refractivity contribution in [2.75, 3.05) is 6.61 Å².